The largest absolute Gasteiger partial charge is 0.494 e. The summed E-state index contributed by atoms with van der Waals surface area (Å²) in [6.45, 7) is 3.47. The van der Waals surface area contributed by atoms with Crippen LogP contribution in [0.5, 0.6) is 5.75 Å². The van der Waals surface area contributed by atoms with Crippen LogP contribution in [0.2, 0.25) is 0 Å². The van der Waals surface area contributed by atoms with Gasteiger partial charge in [0, 0.05) is 36.5 Å². The number of imidazole rings is 1. The van der Waals surface area contributed by atoms with Gasteiger partial charge in [0.1, 0.15) is 11.6 Å². The Morgan fingerprint density at radius 2 is 2.11 bits per heavy atom. The topological polar surface area (TPSA) is 32.0 Å². The van der Waals surface area contributed by atoms with Crippen LogP contribution in [0.15, 0.2) is 42.9 Å². The summed E-state index contributed by atoms with van der Waals surface area (Å²) in [6.07, 6.45) is 5.89. The summed E-state index contributed by atoms with van der Waals surface area (Å²) in [5.74, 6) is 1.97. The van der Waals surface area contributed by atoms with E-state index in [0.717, 1.165) is 18.1 Å². The first-order valence-corrected chi connectivity index (χ1v) is 6.46. The van der Waals surface area contributed by atoms with Crippen LogP contribution in [0.4, 0.5) is 0 Å². The summed E-state index contributed by atoms with van der Waals surface area (Å²) in [5, 5.41) is 1.19. The average Bonchev–Trinajstić information content (AvgIpc) is 2.98. The molecule has 3 rings (SSSR count). The fraction of sp³-hybridized carbons (Fsp3) is 0.267. The number of hydrogen-bond donors (Lipinski definition) is 0. The van der Waals surface area contributed by atoms with Gasteiger partial charge in [-0.05, 0) is 31.2 Å². The van der Waals surface area contributed by atoms with E-state index in [2.05, 4.69) is 33.9 Å². The normalized spacial score (nSPS) is 11.1. The maximum absolute atomic E-state index is 5.52. The highest BCUT2D eigenvalue weighted by molar-refractivity contribution is 5.81. The van der Waals surface area contributed by atoms with E-state index in [1.165, 1.54) is 10.9 Å². The summed E-state index contributed by atoms with van der Waals surface area (Å²) >= 11 is 0. The van der Waals surface area contributed by atoms with Gasteiger partial charge in [0.15, 0.2) is 0 Å². The number of aryl methyl sites for hydroxylation is 1. The second-order valence-corrected chi connectivity index (χ2v) is 4.55. The van der Waals surface area contributed by atoms with E-state index < -0.39 is 0 Å². The van der Waals surface area contributed by atoms with Crippen molar-refractivity contribution in [1.29, 1.82) is 0 Å². The zero-order valence-corrected chi connectivity index (χ0v) is 11.2. The molecule has 0 fully saturated rings. The van der Waals surface area contributed by atoms with Crippen LogP contribution in [-0.4, -0.2) is 20.7 Å². The molecule has 0 aliphatic heterocycles. The van der Waals surface area contributed by atoms with Crippen molar-refractivity contribution < 1.29 is 4.74 Å². The summed E-state index contributed by atoms with van der Waals surface area (Å²) in [5.41, 5.74) is 1.20. The van der Waals surface area contributed by atoms with Gasteiger partial charge in [0.25, 0.3) is 0 Å². The fourth-order valence-corrected chi connectivity index (χ4v) is 2.27. The molecule has 4 nitrogen and oxygen atoms in total. The first-order valence-electron chi connectivity index (χ1n) is 6.46. The van der Waals surface area contributed by atoms with Crippen LogP contribution >= 0.6 is 0 Å². The quantitative estimate of drug-likeness (QED) is 0.718. The molecule has 98 valence electrons. The third-order valence-electron chi connectivity index (χ3n) is 3.29. The van der Waals surface area contributed by atoms with Crippen molar-refractivity contribution in [3.8, 4) is 5.75 Å². The molecule has 0 N–H and O–H groups in total. The minimum Gasteiger partial charge on any atom is -0.494 e. The minimum atomic E-state index is 0.694. The molecule has 0 aliphatic carbocycles. The van der Waals surface area contributed by atoms with Crippen LogP contribution in [-0.2, 0) is 13.6 Å². The molecule has 1 aromatic carbocycles. The molecule has 0 aliphatic rings. The third kappa shape index (κ3) is 2.21. The molecule has 0 amide bonds. The van der Waals surface area contributed by atoms with Gasteiger partial charge in [0.2, 0.25) is 0 Å². The zero-order valence-electron chi connectivity index (χ0n) is 11.2. The van der Waals surface area contributed by atoms with Crippen LogP contribution in [0.25, 0.3) is 10.9 Å². The van der Waals surface area contributed by atoms with Gasteiger partial charge in [-0.2, -0.15) is 0 Å². The molecule has 0 saturated carbocycles. The summed E-state index contributed by atoms with van der Waals surface area (Å²) in [4.78, 5) is 4.36. The van der Waals surface area contributed by atoms with E-state index in [9.17, 15) is 0 Å². The lowest BCUT2D eigenvalue weighted by atomic mass is 10.2. The highest BCUT2D eigenvalue weighted by Crippen LogP contribution is 2.22. The molecule has 4 heteroatoms. The number of ether oxygens (including phenoxy) is 1. The molecule has 2 aromatic heterocycles. The lowest BCUT2D eigenvalue weighted by Crippen LogP contribution is -2.04. The summed E-state index contributed by atoms with van der Waals surface area (Å²) < 4.78 is 9.77. The lowest BCUT2D eigenvalue weighted by Gasteiger charge is -2.07. The van der Waals surface area contributed by atoms with Gasteiger partial charge >= 0.3 is 0 Å². The number of hydrogen-bond acceptors (Lipinski definition) is 2. The zero-order chi connectivity index (χ0) is 13.2. The SMILES string of the molecule is CCOc1ccc2c(ccn2Cc2nccn2C)c1. The number of fused-ring (bicyclic) bond motifs is 1. The lowest BCUT2D eigenvalue weighted by molar-refractivity contribution is 0.340. The Balaban J connectivity index is 1.95. The monoisotopic (exact) mass is 255 g/mol. The molecule has 0 spiro atoms. The number of nitrogens with zero attached hydrogens (tertiary/aromatic N) is 3. The van der Waals surface area contributed by atoms with Crippen molar-refractivity contribution >= 4 is 10.9 Å². The summed E-state index contributed by atoms with van der Waals surface area (Å²) in [6, 6.07) is 8.30. The van der Waals surface area contributed by atoms with Gasteiger partial charge in [-0.3, -0.25) is 0 Å². The predicted molar refractivity (Wildman–Crippen MR) is 75.4 cm³/mol. The van der Waals surface area contributed by atoms with Crippen LogP contribution in [0, 0.1) is 0 Å². The Kier molecular flexibility index (Phi) is 2.99. The van der Waals surface area contributed by atoms with E-state index in [-0.39, 0.29) is 0 Å². The van der Waals surface area contributed by atoms with Gasteiger partial charge in [0.05, 0.1) is 13.2 Å². The van der Waals surface area contributed by atoms with Crippen LogP contribution < -0.4 is 4.74 Å². The molecular formula is C15H17N3O. The number of rotatable bonds is 4. The Labute approximate surface area is 112 Å². The molecule has 3 aromatic rings. The van der Waals surface area contributed by atoms with Crippen molar-refractivity contribution in [2.45, 2.75) is 13.5 Å². The Hall–Kier alpha value is -2.23. The van der Waals surface area contributed by atoms with E-state index >= 15 is 0 Å². The van der Waals surface area contributed by atoms with Gasteiger partial charge < -0.3 is 13.9 Å². The third-order valence-corrected chi connectivity index (χ3v) is 3.29. The molecule has 19 heavy (non-hydrogen) atoms. The fourth-order valence-electron chi connectivity index (χ4n) is 2.27. The van der Waals surface area contributed by atoms with Crippen molar-refractivity contribution in [3.05, 3.63) is 48.7 Å². The maximum Gasteiger partial charge on any atom is 0.128 e. The van der Waals surface area contributed by atoms with E-state index in [0.29, 0.717) is 6.61 Å². The highest BCUT2D eigenvalue weighted by atomic mass is 16.5. The molecule has 0 atom stereocenters. The van der Waals surface area contributed by atoms with Crippen molar-refractivity contribution in [3.63, 3.8) is 0 Å². The summed E-state index contributed by atoms with van der Waals surface area (Å²) in [7, 11) is 2.02. The van der Waals surface area contributed by atoms with Gasteiger partial charge in [-0.1, -0.05) is 0 Å². The van der Waals surface area contributed by atoms with Gasteiger partial charge in [-0.25, -0.2) is 4.98 Å². The Morgan fingerprint density at radius 3 is 2.84 bits per heavy atom. The van der Waals surface area contributed by atoms with Crippen molar-refractivity contribution in [2.75, 3.05) is 6.61 Å². The first kappa shape index (κ1) is 11.8. The van der Waals surface area contributed by atoms with Crippen molar-refractivity contribution in [2.24, 2.45) is 7.05 Å². The predicted octanol–water partition coefficient (Wildman–Crippen LogP) is 2.82. The number of aromatic nitrogens is 3. The molecule has 0 radical (unpaired) electrons. The molecule has 0 unspecified atom stereocenters. The highest BCUT2D eigenvalue weighted by Gasteiger charge is 2.05. The van der Waals surface area contributed by atoms with Crippen molar-refractivity contribution in [1.82, 2.24) is 14.1 Å². The standard InChI is InChI=1S/C15H17N3O/c1-3-19-13-4-5-14-12(10-13)6-8-18(14)11-15-16-7-9-17(15)2/h4-10H,3,11H2,1-2H3. The van der Waals surface area contributed by atoms with E-state index in [1.807, 2.05) is 37.0 Å². The molecule has 0 bridgehead atoms. The average molecular weight is 255 g/mol. The Morgan fingerprint density at radius 1 is 1.21 bits per heavy atom. The smallest absolute Gasteiger partial charge is 0.128 e. The van der Waals surface area contributed by atoms with Gasteiger partial charge in [-0.15, -0.1) is 0 Å². The van der Waals surface area contributed by atoms with Crippen LogP contribution in [0.1, 0.15) is 12.7 Å². The minimum absolute atomic E-state index is 0.694. The second-order valence-electron chi connectivity index (χ2n) is 4.55. The van der Waals surface area contributed by atoms with Crippen LogP contribution in [0.3, 0.4) is 0 Å². The molecule has 2 heterocycles. The first-order chi connectivity index (χ1) is 9.28. The maximum atomic E-state index is 5.52. The van der Waals surface area contributed by atoms with E-state index in [1.54, 1.807) is 0 Å². The molecule has 0 saturated heterocycles. The van der Waals surface area contributed by atoms with E-state index in [4.69, 9.17) is 4.74 Å². The second kappa shape index (κ2) is 4.80. The molecular weight excluding hydrogens is 238 g/mol. The number of benzene rings is 1. The Bertz CT molecular complexity index is 696.